The summed E-state index contributed by atoms with van der Waals surface area (Å²) < 4.78 is 0. The van der Waals surface area contributed by atoms with Crippen LogP contribution in [0.5, 0.6) is 0 Å². The summed E-state index contributed by atoms with van der Waals surface area (Å²) in [7, 11) is 4.21. The number of ketones is 2. The third-order valence-corrected chi connectivity index (χ3v) is 11.0. The van der Waals surface area contributed by atoms with Crippen LogP contribution in [-0.2, 0) is 6.42 Å². The second kappa shape index (κ2) is 26.1. The van der Waals surface area contributed by atoms with Gasteiger partial charge in [0.25, 0.3) is 0 Å². The summed E-state index contributed by atoms with van der Waals surface area (Å²) in [6, 6.07) is 34.4. The first-order chi connectivity index (χ1) is 28.7. The summed E-state index contributed by atoms with van der Waals surface area (Å²) in [6.07, 6.45) is 3.26. The average Bonchev–Trinajstić information content (AvgIpc) is 3.50. The Bertz CT molecular complexity index is 1990. The van der Waals surface area contributed by atoms with Crippen molar-refractivity contribution in [3.63, 3.8) is 0 Å². The molecule has 0 unspecified atom stereocenters. The smallest absolute Gasteiger partial charge is 0.210 e. The number of thioether (sulfide) groups is 1. The SMILES string of the molecule is C/C(Cc1ccccc1)=C(\C(=O)c1ccccc1C=O)N1CCN(C)CC1.C/C(Sc1ccccc1)=C(\C(=O)c1ccccc1C=O)N1CCCN(C)CC1.CC.CC. The van der Waals surface area contributed by atoms with Gasteiger partial charge in [0.05, 0.1) is 11.4 Å². The number of benzene rings is 4. The van der Waals surface area contributed by atoms with Gasteiger partial charge >= 0.3 is 0 Å². The Labute approximate surface area is 358 Å². The molecule has 9 heteroatoms. The van der Waals surface area contributed by atoms with Crippen LogP contribution in [0.1, 0.15) is 95.0 Å². The fourth-order valence-electron chi connectivity index (χ4n) is 7.00. The second-order valence-electron chi connectivity index (χ2n) is 14.1. The molecule has 2 saturated heterocycles. The molecule has 2 heterocycles. The van der Waals surface area contributed by atoms with Crippen LogP contribution in [-0.4, -0.2) is 110 Å². The lowest BCUT2D eigenvalue weighted by molar-refractivity contribution is 0.0953. The highest BCUT2D eigenvalue weighted by molar-refractivity contribution is 8.03. The van der Waals surface area contributed by atoms with Crippen LogP contribution >= 0.6 is 11.8 Å². The molecule has 0 aliphatic carbocycles. The Morgan fingerprint density at radius 3 is 1.47 bits per heavy atom. The van der Waals surface area contributed by atoms with E-state index >= 15 is 0 Å². The quantitative estimate of drug-likeness (QED) is 0.0601. The van der Waals surface area contributed by atoms with E-state index in [4.69, 9.17) is 0 Å². The van der Waals surface area contributed by atoms with Crippen molar-refractivity contribution in [1.82, 2.24) is 19.6 Å². The molecule has 2 aliphatic heterocycles. The van der Waals surface area contributed by atoms with E-state index < -0.39 is 0 Å². The lowest BCUT2D eigenvalue weighted by Gasteiger charge is -2.36. The first-order valence-electron chi connectivity index (χ1n) is 20.9. The minimum absolute atomic E-state index is 0.0596. The Kier molecular flexibility index (Phi) is 21.4. The highest BCUT2D eigenvalue weighted by Crippen LogP contribution is 2.32. The van der Waals surface area contributed by atoms with E-state index in [0.717, 1.165) is 98.8 Å². The summed E-state index contributed by atoms with van der Waals surface area (Å²) in [5.41, 5.74) is 5.50. The number of carbonyl (C=O) groups is 4. The van der Waals surface area contributed by atoms with Crippen molar-refractivity contribution >= 4 is 35.9 Å². The molecule has 0 amide bonds. The molecule has 8 nitrogen and oxygen atoms in total. The van der Waals surface area contributed by atoms with Gasteiger partial charge in [0.1, 0.15) is 0 Å². The fraction of sp³-hybridized carbons (Fsp3) is 0.360. The zero-order chi connectivity index (χ0) is 43.2. The number of Topliss-reactive ketones (excluding diaryl/α,β-unsaturated/α-hetero) is 2. The number of nitrogens with zero attached hydrogens (tertiary/aromatic N) is 4. The third kappa shape index (κ3) is 14.3. The van der Waals surface area contributed by atoms with Crippen LogP contribution in [0.4, 0.5) is 0 Å². The minimum atomic E-state index is -0.0758. The van der Waals surface area contributed by atoms with Crippen molar-refractivity contribution in [1.29, 1.82) is 0 Å². The first kappa shape index (κ1) is 48.3. The Morgan fingerprint density at radius 1 is 0.542 bits per heavy atom. The van der Waals surface area contributed by atoms with E-state index in [-0.39, 0.29) is 11.6 Å². The number of likely N-dealkylation sites (N-methyl/N-ethyl adjacent to an activating group) is 2. The Balaban J connectivity index is 0.000000291. The number of aldehydes is 2. The maximum Gasteiger partial charge on any atom is 0.210 e. The van der Waals surface area contributed by atoms with Gasteiger partial charge < -0.3 is 19.6 Å². The molecular weight excluding hydrogens is 753 g/mol. The van der Waals surface area contributed by atoms with E-state index in [1.165, 1.54) is 5.56 Å². The summed E-state index contributed by atoms with van der Waals surface area (Å²) >= 11 is 1.60. The highest BCUT2D eigenvalue weighted by Gasteiger charge is 2.27. The van der Waals surface area contributed by atoms with Crippen LogP contribution < -0.4 is 0 Å². The van der Waals surface area contributed by atoms with Gasteiger partial charge in [0.2, 0.25) is 11.6 Å². The van der Waals surface area contributed by atoms with Gasteiger partial charge in [0.15, 0.2) is 12.6 Å². The zero-order valence-electron chi connectivity index (χ0n) is 36.4. The van der Waals surface area contributed by atoms with Crippen molar-refractivity contribution in [3.8, 4) is 0 Å². The summed E-state index contributed by atoms with van der Waals surface area (Å²) in [5, 5.41) is 0. The van der Waals surface area contributed by atoms with Crippen LogP contribution in [0.2, 0.25) is 0 Å². The number of piperazine rings is 1. The minimum Gasteiger partial charge on any atom is -0.366 e. The standard InChI is InChI=1S/C23H26N2O2S.C23H26N2O2.2C2H6/c1-18(28-20-10-4-3-5-11-20)22(25-14-8-13-24(2)15-16-25)23(27)21-12-7-6-9-19(21)17-26;1-18(16-19-8-4-3-5-9-19)22(25-14-12-24(2)13-15-25)23(27)21-11-7-6-10-20(21)17-26;2*1-2/h3-7,9-12,17H,8,13-16H2,1-2H3;3-11,17H,12-16H2,1-2H3;2*1-2H3/b2*22-18-;;. The zero-order valence-corrected chi connectivity index (χ0v) is 37.3. The summed E-state index contributed by atoms with van der Waals surface area (Å²) in [5.74, 6) is -0.135. The van der Waals surface area contributed by atoms with Gasteiger partial charge in [-0.1, -0.05) is 137 Å². The van der Waals surface area contributed by atoms with Crippen LogP contribution in [0.15, 0.2) is 136 Å². The molecule has 0 spiro atoms. The number of allylic oxidation sites excluding steroid dienone is 4. The number of hydrogen-bond acceptors (Lipinski definition) is 9. The molecule has 2 aliphatic rings. The molecule has 4 aromatic rings. The molecule has 0 saturated carbocycles. The summed E-state index contributed by atoms with van der Waals surface area (Å²) in [4.78, 5) is 61.0. The van der Waals surface area contributed by atoms with Gasteiger partial charge in [0, 0.05) is 77.9 Å². The van der Waals surface area contributed by atoms with Gasteiger partial charge in [-0.05, 0) is 70.6 Å². The Hall–Kier alpha value is -5.09. The normalized spacial score (nSPS) is 15.3. The predicted molar refractivity (Wildman–Crippen MR) is 246 cm³/mol. The van der Waals surface area contributed by atoms with Crippen molar-refractivity contribution in [2.45, 2.75) is 59.3 Å². The maximum absolute atomic E-state index is 13.6. The third-order valence-electron chi connectivity index (χ3n) is 10.0. The van der Waals surface area contributed by atoms with Gasteiger partial charge in [-0.3, -0.25) is 19.2 Å². The van der Waals surface area contributed by atoms with E-state index in [1.807, 2.05) is 102 Å². The molecule has 0 atom stereocenters. The van der Waals surface area contributed by atoms with Crippen molar-refractivity contribution in [2.24, 2.45) is 0 Å². The number of carbonyl (C=O) groups excluding carboxylic acids is 4. The second-order valence-corrected chi connectivity index (χ2v) is 15.4. The predicted octanol–water partition coefficient (Wildman–Crippen LogP) is 9.84. The summed E-state index contributed by atoms with van der Waals surface area (Å²) in [6.45, 7) is 19.1. The molecule has 6 rings (SSSR count). The highest BCUT2D eigenvalue weighted by atomic mass is 32.2. The molecule has 4 aromatic carbocycles. The number of hydrogen-bond donors (Lipinski definition) is 0. The van der Waals surface area contributed by atoms with E-state index in [1.54, 1.807) is 48.2 Å². The lowest BCUT2D eigenvalue weighted by atomic mass is 9.96. The van der Waals surface area contributed by atoms with E-state index in [0.29, 0.717) is 28.0 Å². The van der Waals surface area contributed by atoms with Gasteiger partial charge in [-0.25, -0.2) is 0 Å². The molecule has 0 bridgehead atoms. The molecule has 2 fully saturated rings. The molecule has 0 aromatic heterocycles. The molecule has 59 heavy (non-hydrogen) atoms. The largest absolute Gasteiger partial charge is 0.366 e. The van der Waals surface area contributed by atoms with Crippen molar-refractivity contribution < 1.29 is 19.2 Å². The first-order valence-corrected chi connectivity index (χ1v) is 21.7. The van der Waals surface area contributed by atoms with E-state index in [9.17, 15) is 19.2 Å². The van der Waals surface area contributed by atoms with Crippen molar-refractivity contribution in [2.75, 3.05) is 66.5 Å². The monoisotopic (exact) mass is 816 g/mol. The van der Waals surface area contributed by atoms with Crippen LogP contribution in [0, 0.1) is 0 Å². The van der Waals surface area contributed by atoms with Crippen LogP contribution in [0.25, 0.3) is 0 Å². The maximum atomic E-state index is 13.6. The molecule has 314 valence electrons. The van der Waals surface area contributed by atoms with Gasteiger partial charge in [-0.15, -0.1) is 0 Å². The van der Waals surface area contributed by atoms with Crippen molar-refractivity contribution in [3.05, 3.63) is 159 Å². The Morgan fingerprint density at radius 2 is 0.966 bits per heavy atom. The molecule has 0 radical (unpaired) electrons. The fourth-order valence-corrected chi connectivity index (χ4v) is 7.97. The number of rotatable bonds is 12. The van der Waals surface area contributed by atoms with Crippen LogP contribution in [0.3, 0.4) is 0 Å². The lowest BCUT2D eigenvalue weighted by Crippen LogP contribution is -2.45. The van der Waals surface area contributed by atoms with E-state index in [2.05, 4.69) is 45.8 Å². The molecule has 0 N–H and O–H groups in total. The molecular formula is C50H64N4O4S. The topological polar surface area (TPSA) is 81.2 Å². The van der Waals surface area contributed by atoms with Gasteiger partial charge in [-0.2, -0.15) is 0 Å². The average molecular weight is 817 g/mol.